The van der Waals surface area contributed by atoms with Crippen LogP contribution in [0.4, 0.5) is 0 Å². The van der Waals surface area contributed by atoms with E-state index in [0.29, 0.717) is 19.4 Å². The molecule has 2 amide bonds. The van der Waals surface area contributed by atoms with E-state index >= 15 is 0 Å². The zero-order valence-electron chi connectivity index (χ0n) is 16.3. The molecule has 3 unspecified atom stereocenters. The summed E-state index contributed by atoms with van der Waals surface area (Å²) in [7, 11) is 1.49. The number of likely N-dealkylation sites (tertiary alicyclic amines) is 1. The highest BCUT2D eigenvalue weighted by Gasteiger charge is 2.44. The summed E-state index contributed by atoms with van der Waals surface area (Å²) < 4.78 is 11.0. The molecular weight excluding hydrogens is 324 g/mol. The summed E-state index contributed by atoms with van der Waals surface area (Å²) in [6, 6.07) is -0.772. The minimum absolute atomic E-state index is 0.0605. The molecule has 25 heavy (non-hydrogen) atoms. The number of carbonyl (C=O) groups is 3. The van der Waals surface area contributed by atoms with Crippen LogP contribution in [0.2, 0.25) is 0 Å². The molecule has 1 N–H and O–H groups in total. The second kappa shape index (κ2) is 9.17. The third-order valence-corrected chi connectivity index (χ3v) is 4.11. The average molecular weight is 356 g/mol. The maximum absolute atomic E-state index is 12.9. The van der Waals surface area contributed by atoms with Gasteiger partial charge in [-0.05, 0) is 33.6 Å². The summed E-state index contributed by atoms with van der Waals surface area (Å²) in [6.07, 6.45) is 1.88. The number of carbonyl (C=O) groups excluding carboxylic acids is 3. The van der Waals surface area contributed by atoms with E-state index in [-0.39, 0.29) is 17.7 Å². The third-order valence-electron chi connectivity index (χ3n) is 4.11. The SMILES string of the molecule is CCCC(C(NC(C)=O)OC)C(C(=O)OC(C)(C)C)N1CCCC1=O. The largest absolute Gasteiger partial charge is 0.458 e. The molecule has 0 aliphatic carbocycles. The van der Waals surface area contributed by atoms with E-state index in [2.05, 4.69) is 5.32 Å². The summed E-state index contributed by atoms with van der Waals surface area (Å²) in [6.45, 7) is 9.29. The first-order valence-electron chi connectivity index (χ1n) is 8.93. The topological polar surface area (TPSA) is 84.9 Å². The minimum atomic E-state index is -0.772. The molecule has 0 bridgehead atoms. The quantitative estimate of drug-likeness (QED) is 0.530. The van der Waals surface area contributed by atoms with Gasteiger partial charge < -0.3 is 19.7 Å². The van der Waals surface area contributed by atoms with E-state index in [1.54, 1.807) is 25.7 Å². The highest BCUT2D eigenvalue weighted by Crippen LogP contribution is 2.28. The minimum Gasteiger partial charge on any atom is -0.458 e. The lowest BCUT2D eigenvalue weighted by Crippen LogP contribution is -2.56. The molecule has 7 nitrogen and oxygen atoms in total. The van der Waals surface area contributed by atoms with Crippen molar-refractivity contribution in [2.75, 3.05) is 13.7 Å². The van der Waals surface area contributed by atoms with Crippen molar-refractivity contribution in [1.29, 1.82) is 0 Å². The first-order valence-corrected chi connectivity index (χ1v) is 8.93. The standard InChI is InChI=1S/C18H32N2O5/c1-7-9-13(16(24-6)19-12(2)21)15(17(23)25-18(3,4)5)20-11-8-10-14(20)22/h13,15-16H,7-11H2,1-6H3,(H,19,21). The number of hydrogen-bond donors (Lipinski definition) is 1. The Labute approximate surface area is 150 Å². The summed E-state index contributed by atoms with van der Waals surface area (Å²) in [5.74, 6) is -1.14. The molecule has 1 saturated heterocycles. The highest BCUT2D eigenvalue weighted by molar-refractivity contribution is 5.86. The van der Waals surface area contributed by atoms with Crippen molar-refractivity contribution >= 4 is 17.8 Å². The van der Waals surface area contributed by atoms with Crippen molar-refractivity contribution in [2.45, 2.75) is 78.2 Å². The van der Waals surface area contributed by atoms with Crippen molar-refractivity contribution in [3.05, 3.63) is 0 Å². The molecule has 1 aliphatic rings. The van der Waals surface area contributed by atoms with Gasteiger partial charge >= 0.3 is 5.97 Å². The normalized spacial score (nSPS) is 18.6. The van der Waals surface area contributed by atoms with Crippen molar-refractivity contribution in [1.82, 2.24) is 10.2 Å². The molecular formula is C18H32N2O5. The number of nitrogens with zero attached hydrogens (tertiary/aromatic N) is 1. The van der Waals surface area contributed by atoms with E-state index in [9.17, 15) is 14.4 Å². The van der Waals surface area contributed by atoms with Crippen LogP contribution in [-0.2, 0) is 23.9 Å². The van der Waals surface area contributed by atoms with Crippen LogP contribution in [0.5, 0.6) is 0 Å². The summed E-state index contributed by atoms with van der Waals surface area (Å²) in [4.78, 5) is 38.4. The van der Waals surface area contributed by atoms with Gasteiger partial charge in [0.1, 0.15) is 17.9 Å². The van der Waals surface area contributed by atoms with Gasteiger partial charge in [-0.2, -0.15) is 0 Å². The van der Waals surface area contributed by atoms with Gasteiger partial charge in [-0.3, -0.25) is 9.59 Å². The van der Waals surface area contributed by atoms with E-state index in [1.807, 2.05) is 6.92 Å². The van der Waals surface area contributed by atoms with Gasteiger partial charge in [0.25, 0.3) is 0 Å². The smallest absolute Gasteiger partial charge is 0.329 e. The van der Waals surface area contributed by atoms with Crippen LogP contribution in [-0.4, -0.2) is 54.2 Å². The van der Waals surface area contributed by atoms with Crippen molar-refractivity contribution < 1.29 is 23.9 Å². The second-order valence-corrected chi connectivity index (χ2v) is 7.48. The van der Waals surface area contributed by atoms with Crippen LogP contribution in [0.3, 0.4) is 0 Å². The Morgan fingerprint density at radius 2 is 1.96 bits per heavy atom. The third kappa shape index (κ3) is 6.30. The fourth-order valence-corrected chi connectivity index (χ4v) is 3.21. The van der Waals surface area contributed by atoms with Gasteiger partial charge in [-0.15, -0.1) is 0 Å². The fraction of sp³-hybridized carbons (Fsp3) is 0.833. The van der Waals surface area contributed by atoms with Crippen LogP contribution >= 0.6 is 0 Å². The van der Waals surface area contributed by atoms with Crippen LogP contribution in [0, 0.1) is 5.92 Å². The number of methoxy groups -OCH3 is 1. The van der Waals surface area contributed by atoms with Gasteiger partial charge in [0.05, 0.1) is 0 Å². The molecule has 1 fully saturated rings. The van der Waals surface area contributed by atoms with Crippen LogP contribution in [0.1, 0.15) is 60.3 Å². The molecule has 0 radical (unpaired) electrons. The lowest BCUT2D eigenvalue weighted by molar-refractivity contribution is -0.170. The van der Waals surface area contributed by atoms with Crippen molar-refractivity contribution in [2.24, 2.45) is 5.92 Å². The van der Waals surface area contributed by atoms with Gasteiger partial charge in [-0.25, -0.2) is 4.79 Å². The van der Waals surface area contributed by atoms with E-state index in [1.165, 1.54) is 14.0 Å². The molecule has 1 aliphatic heterocycles. The van der Waals surface area contributed by atoms with Gasteiger partial charge in [0, 0.05) is 32.9 Å². The maximum Gasteiger partial charge on any atom is 0.329 e. The summed E-state index contributed by atoms with van der Waals surface area (Å²) in [5, 5.41) is 2.74. The summed E-state index contributed by atoms with van der Waals surface area (Å²) >= 11 is 0. The van der Waals surface area contributed by atoms with Crippen molar-refractivity contribution in [3.63, 3.8) is 0 Å². The number of nitrogens with one attached hydrogen (secondary N) is 1. The number of ether oxygens (including phenoxy) is 2. The lowest BCUT2D eigenvalue weighted by Gasteiger charge is -2.38. The average Bonchev–Trinajstić information content (AvgIpc) is 2.88. The Hall–Kier alpha value is -1.63. The van der Waals surface area contributed by atoms with E-state index < -0.39 is 23.8 Å². The zero-order valence-corrected chi connectivity index (χ0v) is 16.3. The number of rotatable bonds is 8. The molecule has 7 heteroatoms. The van der Waals surface area contributed by atoms with E-state index in [4.69, 9.17) is 9.47 Å². The second-order valence-electron chi connectivity index (χ2n) is 7.48. The first kappa shape index (κ1) is 21.4. The fourth-order valence-electron chi connectivity index (χ4n) is 3.21. The Morgan fingerprint density at radius 3 is 2.36 bits per heavy atom. The molecule has 1 rings (SSSR count). The maximum atomic E-state index is 12.9. The molecule has 1 heterocycles. The first-order chi connectivity index (χ1) is 11.6. The molecule has 3 atom stereocenters. The van der Waals surface area contributed by atoms with Crippen LogP contribution in [0.25, 0.3) is 0 Å². The molecule has 0 aromatic heterocycles. The molecule has 0 aromatic carbocycles. The Bertz CT molecular complexity index is 486. The van der Waals surface area contributed by atoms with E-state index in [0.717, 1.165) is 12.8 Å². The predicted molar refractivity (Wildman–Crippen MR) is 93.6 cm³/mol. The Kier molecular flexibility index (Phi) is 7.86. The molecule has 0 saturated carbocycles. The number of esters is 1. The van der Waals surface area contributed by atoms with Crippen molar-refractivity contribution in [3.8, 4) is 0 Å². The highest BCUT2D eigenvalue weighted by atomic mass is 16.6. The predicted octanol–water partition coefficient (Wildman–Crippen LogP) is 1.84. The Morgan fingerprint density at radius 1 is 1.32 bits per heavy atom. The van der Waals surface area contributed by atoms with Crippen LogP contribution in [0.15, 0.2) is 0 Å². The van der Waals surface area contributed by atoms with Gasteiger partial charge in [0.15, 0.2) is 0 Å². The number of hydrogen-bond acceptors (Lipinski definition) is 5. The molecule has 0 spiro atoms. The molecule has 0 aromatic rings. The van der Waals surface area contributed by atoms with Gasteiger partial charge in [-0.1, -0.05) is 13.3 Å². The Balaban J connectivity index is 3.20. The zero-order chi connectivity index (χ0) is 19.2. The van der Waals surface area contributed by atoms with Gasteiger partial charge in [0.2, 0.25) is 11.8 Å². The van der Waals surface area contributed by atoms with Crippen LogP contribution < -0.4 is 5.32 Å². The number of amides is 2. The lowest BCUT2D eigenvalue weighted by atomic mass is 9.91. The summed E-state index contributed by atoms with van der Waals surface area (Å²) in [5.41, 5.74) is -0.661. The monoisotopic (exact) mass is 356 g/mol. The molecule has 144 valence electrons.